The monoisotopic (exact) mass is 489 g/mol. The second-order valence-electron chi connectivity index (χ2n) is 8.14. The van der Waals surface area contributed by atoms with Crippen molar-refractivity contribution in [2.24, 2.45) is 0 Å². The highest BCUT2D eigenvalue weighted by atomic mass is 32.2. The lowest BCUT2D eigenvalue weighted by molar-refractivity contribution is -0.123. The van der Waals surface area contributed by atoms with Crippen LogP contribution in [0.1, 0.15) is 22.3 Å². The number of aryl methyl sites for hydroxylation is 2. The van der Waals surface area contributed by atoms with E-state index in [9.17, 15) is 9.59 Å². The fourth-order valence-electron chi connectivity index (χ4n) is 3.59. The predicted molar refractivity (Wildman–Crippen MR) is 138 cm³/mol. The molecule has 0 atom stereocenters. The van der Waals surface area contributed by atoms with Crippen molar-refractivity contribution in [1.29, 1.82) is 0 Å². The Hall–Kier alpha value is -3.71. The Kier molecular flexibility index (Phi) is 7.77. The summed E-state index contributed by atoms with van der Waals surface area (Å²) < 4.78 is 17.2. The molecule has 6 nitrogen and oxygen atoms in total. The molecule has 7 heteroatoms. The third-order valence-electron chi connectivity index (χ3n) is 5.51. The molecule has 0 aliphatic carbocycles. The van der Waals surface area contributed by atoms with E-state index in [0.29, 0.717) is 23.0 Å². The summed E-state index contributed by atoms with van der Waals surface area (Å²) in [6.45, 7) is 4.76. The Bertz CT molecular complexity index is 1260. The summed E-state index contributed by atoms with van der Waals surface area (Å²) in [5.74, 6) is 1.59. The number of rotatable bonds is 9. The number of nitrogens with zero attached hydrogens (tertiary/aromatic N) is 1. The van der Waals surface area contributed by atoms with E-state index >= 15 is 0 Å². The predicted octanol–water partition coefficient (Wildman–Crippen LogP) is 6.01. The maximum absolute atomic E-state index is 12.9. The molecule has 1 aliphatic rings. The zero-order valence-corrected chi connectivity index (χ0v) is 20.8. The van der Waals surface area contributed by atoms with Gasteiger partial charge < -0.3 is 14.2 Å². The molecule has 35 heavy (non-hydrogen) atoms. The maximum Gasteiger partial charge on any atom is 0.293 e. The summed E-state index contributed by atoms with van der Waals surface area (Å²) >= 11 is 0.925. The summed E-state index contributed by atoms with van der Waals surface area (Å²) in [6, 6.07) is 21.2. The molecule has 1 heterocycles. The Balaban J connectivity index is 1.43. The molecule has 0 radical (unpaired) electrons. The van der Waals surface area contributed by atoms with Gasteiger partial charge in [-0.1, -0.05) is 48.5 Å². The van der Waals surface area contributed by atoms with Crippen LogP contribution in [0.15, 0.2) is 71.6 Å². The van der Waals surface area contributed by atoms with Crippen molar-refractivity contribution in [3.05, 3.63) is 93.9 Å². The maximum atomic E-state index is 12.9. The minimum Gasteiger partial charge on any atom is -0.493 e. The van der Waals surface area contributed by atoms with Crippen molar-refractivity contribution in [1.82, 2.24) is 4.90 Å². The molecule has 0 bridgehead atoms. The highest BCUT2D eigenvalue weighted by molar-refractivity contribution is 8.18. The molecular weight excluding hydrogens is 462 g/mol. The number of carbonyl (C=O) groups excluding carboxylic acids is 2. The molecule has 0 N–H and O–H groups in total. The van der Waals surface area contributed by atoms with Gasteiger partial charge in [-0.3, -0.25) is 14.5 Å². The third kappa shape index (κ3) is 6.05. The van der Waals surface area contributed by atoms with Crippen LogP contribution in [0, 0.1) is 13.8 Å². The lowest BCUT2D eigenvalue weighted by atomic mass is 10.1. The van der Waals surface area contributed by atoms with E-state index < -0.39 is 0 Å². The highest BCUT2D eigenvalue weighted by Gasteiger charge is 2.34. The van der Waals surface area contributed by atoms with Crippen molar-refractivity contribution < 1.29 is 23.8 Å². The first-order valence-corrected chi connectivity index (χ1v) is 12.1. The van der Waals surface area contributed by atoms with Crippen LogP contribution in [-0.2, 0) is 11.4 Å². The van der Waals surface area contributed by atoms with E-state index in [2.05, 4.69) is 0 Å². The van der Waals surface area contributed by atoms with E-state index in [1.165, 1.54) is 4.90 Å². The first kappa shape index (κ1) is 24.4. The van der Waals surface area contributed by atoms with E-state index in [4.69, 9.17) is 14.2 Å². The van der Waals surface area contributed by atoms with E-state index in [1.54, 1.807) is 25.3 Å². The molecule has 0 unspecified atom stereocenters. The number of hydrogen-bond donors (Lipinski definition) is 0. The van der Waals surface area contributed by atoms with E-state index in [1.807, 2.05) is 68.4 Å². The quantitative estimate of drug-likeness (QED) is 0.343. The summed E-state index contributed by atoms with van der Waals surface area (Å²) in [4.78, 5) is 27.0. The summed E-state index contributed by atoms with van der Waals surface area (Å²) in [5.41, 5.74) is 3.87. The van der Waals surface area contributed by atoms with E-state index in [-0.39, 0.29) is 24.3 Å². The smallest absolute Gasteiger partial charge is 0.293 e. The van der Waals surface area contributed by atoms with Gasteiger partial charge in [-0.2, -0.15) is 0 Å². The number of imide groups is 1. The van der Waals surface area contributed by atoms with Crippen LogP contribution in [0.3, 0.4) is 0 Å². The second kappa shape index (κ2) is 11.1. The van der Waals surface area contributed by atoms with Crippen LogP contribution >= 0.6 is 11.8 Å². The Morgan fingerprint density at radius 1 is 0.886 bits per heavy atom. The number of hydrogen-bond acceptors (Lipinski definition) is 6. The van der Waals surface area contributed by atoms with Gasteiger partial charge in [0.15, 0.2) is 11.5 Å². The first-order valence-electron chi connectivity index (χ1n) is 11.2. The number of amides is 2. The number of carbonyl (C=O) groups is 2. The SMILES string of the molecule is COc1ccc(/C=C2\SC(=O)N(CCOc3cc(C)ccc3C)C2=O)cc1OCc1ccccc1. The normalized spacial score (nSPS) is 14.5. The Morgan fingerprint density at radius 3 is 2.46 bits per heavy atom. The van der Waals surface area contributed by atoms with Gasteiger partial charge in [0.1, 0.15) is 19.0 Å². The van der Waals surface area contributed by atoms with Crippen LogP contribution < -0.4 is 14.2 Å². The van der Waals surface area contributed by atoms with Gasteiger partial charge in [0.2, 0.25) is 0 Å². The van der Waals surface area contributed by atoms with Gasteiger partial charge in [-0.15, -0.1) is 0 Å². The zero-order valence-electron chi connectivity index (χ0n) is 19.9. The van der Waals surface area contributed by atoms with Crippen molar-refractivity contribution >= 4 is 29.0 Å². The molecule has 0 aromatic heterocycles. The average molecular weight is 490 g/mol. The fraction of sp³-hybridized carbons (Fsp3) is 0.214. The molecule has 3 aromatic rings. The number of ether oxygens (including phenoxy) is 3. The lowest BCUT2D eigenvalue weighted by Crippen LogP contribution is -2.32. The minimum atomic E-state index is -0.327. The first-order chi connectivity index (χ1) is 16.9. The summed E-state index contributed by atoms with van der Waals surface area (Å²) in [7, 11) is 1.58. The van der Waals surface area contributed by atoms with Gasteiger partial charge in [-0.25, -0.2) is 0 Å². The van der Waals surface area contributed by atoms with Gasteiger partial charge in [0.25, 0.3) is 11.1 Å². The molecule has 180 valence electrons. The summed E-state index contributed by atoms with van der Waals surface area (Å²) in [5, 5.41) is -0.306. The molecule has 1 aliphatic heterocycles. The summed E-state index contributed by atoms with van der Waals surface area (Å²) in [6.07, 6.45) is 1.70. The topological polar surface area (TPSA) is 65.1 Å². The van der Waals surface area contributed by atoms with Crippen molar-refractivity contribution in [3.63, 3.8) is 0 Å². The number of benzene rings is 3. The van der Waals surface area contributed by atoms with Crippen molar-refractivity contribution in [2.45, 2.75) is 20.5 Å². The van der Waals surface area contributed by atoms with Crippen LogP contribution in [0.5, 0.6) is 17.2 Å². The highest BCUT2D eigenvalue weighted by Crippen LogP contribution is 2.35. The molecular formula is C28H27NO5S. The van der Waals surface area contributed by atoms with E-state index in [0.717, 1.165) is 39.8 Å². The Morgan fingerprint density at radius 2 is 1.69 bits per heavy atom. The standard InChI is InChI=1S/C28H27NO5S/c1-19-9-10-20(2)24(15-19)33-14-13-29-27(30)26(35-28(29)31)17-22-11-12-23(32-3)25(16-22)34-18-21-7-5-4-6-8-21/h4-12,15-17H,13-14,18H2,1-3H3/b26-17-. The van der Waals surface area contributed by atoms with Gasteiger partial charge in [0.05, 0.1) is 18.6 Å². The van der Waals surface area contributed by atoms with Crippen LogP contribution in [0.25, 0.3) is 6.08 Å². The molecule has 4 rings (SSSR count). The average Bonchev–Trinajstić information content (AvgIpc) is 3.13. The molecule has 1 fully saturated rings. The number of thioether (sulfide) groups is 1. The zero-order chi connectivity index (χ0) is 24.8. The molecule has 2 amide bonds. The van der Waals surface area contributed by atoms with Gasteiger partial charge in [0, 0.05) is 0 Å². The molecule has 0 saturated carbocycles. The molecule has 0 spiro atoms. The molecule has 1 saturated heterocycles. The van der Waals surface area contributed by atoms with Crippen LogP contribution in [0.2, 0.25) is 0 Å². The third-order valence-corrected chi connectivity index (χ3v) is 6.42. The number of methoxy groups -OCH3 is 1. The van der Waals surface area contributed by atoms with Crippen molar-refractivity contribution in [3.8, 4) is 17.2 Å². The van der Waals surface area contributed by atoms with Gasteiger partial charge in [-0.05, 0) is 72.1 Å². The fourth-order valence-corrected chi connectivity index (χ4v) is 4.45. The van der Waals surface area contributed by atoms with Crippen LogP contribution in [-0.4, -0.2) is 36.3 Å². The molecule has 3 aromatic carbocycles. The largest absolute Gasteiger partial charge is 0.493 e. The van der Waals surface area contributed by atoms with Crippen LogP contribution in [0.4, 0.5) is 4.79 Å². The van der Waals surface area contributed by atoms with Gasteiger partial charge >= 0.3 is 0 Å². The van der Waals surface area contributed by atoms with Crippen molar-refractivity contribution in [2.75, 3.05) is 20.3 Å². The second-order valence-corrected chi connectivity index (χ2v) is 9.13. The lowest BCUT2D eigenvalue weighted by Gasteiger charge is -2.14. The Labute approximate surface area is 209 Å². The minimum absolute atomic E-state index is 0.184.